The van der Waals surface area contributed by atoms with Gasteiger partial charge in [0.15, 0.2) is 0 Å². The van der Waals surface area contributed by atoms with E-state index >= 15 is 0 Å². The summed E-state index contributed by atoms with van der Waals surface area (Å²) in [4.78, 5) is 5.02. The highest BCUT2D eigenvalue weighted by Gasteiger charge is 2.24. The number of piperazine rings is 1. The molecule has 1 N–H and O–H groups in total. The lowest BCUT2D eigenvalue weighted by atomic mass is 9.79. The molecule has 0 amide bonds. The van der Waals surface area contributed by atoms with Crippen molar-refractivity contribution in [2.45, 2.75) is 39.2 Å². The molecule has 3 nitrogen and oxygen atoms in total. The zero-order valence-electron chi connectivity index (χ0n) is 12.5. The molecular weight excluding hydrogens is 222 g/mol. The molecule has 0 bridgehead atoms. The van der Waals surface area contributed by atoms with Gasteiger partial charge in [0.05, 0.1) is 0 Å². The van der Waals surface area contributed by atoms with Gasteiger partial charge in [0.1, 0.15) is 0 Å². The third kappa shape index (κ3) is 4.22. The molecule has 1 aliphatic heterocycles. The molecule has 0 aromatic heterocycles. The van der Waals surface area contributed by atoms with Crippen LogP contribution in [0.1, 0.15) is 33.1 Å². The SMILES string of the molecule is CC1CCC(NCCN2CCN(C)CC2)CC1C. The molecule has 2 rings (SSSR count). The van der Waals surface area contributed by atoms with Gasteiger partial charge in [-0.05, 0) is 38.1 Å². The topological polar surface area (TPSA) is 18.5 Å². The van der Waals surface area contributed by atoms with E-state index in [2.05, 4.69) is 36.0 Å². The van der Waals surface area contributed by atoms with Gasteiger partial charge in [-0.25, -0.2) is 0 Å². The molecule has 3 unspecified atom stereocenters. The minimum absolute atomic E-state index is 0.781. The van der Waals surface area contributed by atoms with Gasteiger partial charge in [-0.3, -0.25) is 4.90 Å². The van der Waals surface area contributed by atoms with Gasteiger partial charge in [-0.15, -0.1) is 0 Å². The summed E-state index contributed by atoms with van der Waals surface area (Å²) in [6.07, 6.45) is 4.17. The van der Waals surface area contributed by atoms with Crippen molar-refractivity contribution >= 4 is 0 Å². The summed E-state index contributed by atoms with van der Waals surface area (Å²) in [5.41, 5.74) is 0. The van der Waals surface area contributed by atoms with E-state index in [1.807, 2.05) is 0 Å². The summed E-state index contributed by atoms with van der Waals surface area (Å²) in [6, 6.07) is 0.781. The Morgan fingerprint density at radius 3 is 2.39 bits per heavy atom. The minimum Gasteiger partial charge on any atom is -0.313 e. The fourth-order valence-corrected chi connectivity index (χ4v) is 3.23. The van der Waals surface area contributed by atoms with Crippen LogP contribution in [-0.2, 0) is 0 Å². The van der Waals surface area contributed by atoms with Crippen LogP contribution in [0.15, 0.2) is 0 Å². The summed E-state index contributed by atoms with van der Waals surface area (Å²) in [5.74, 6) is 1.83. The third-order valence-electron chi connectivity index (χ3n) is 5.06. The van der Waals surface area contributed by atoms with Gasteiger partial charge in [0.25, 0.3) is 0 Å². The number of nitrogens with zero attached hydrogens (tertiary/aromatic N) is 2. The van der Waals surface area contributed by atoms with E-state index in [-0.39, 0.29) is 0 Å². The van der Waals surface area contributed by atoms with Crippen LogP contribution in [0.25, 0.3) is 0 Å². The highest BCUT2D eigenvalue weighted by atomic mass is 15.2. The number of nitrogens with one attached hydrogen (secondary N) is 1. The van der Waals surface area contributed by atoms with Crippen molar-refractivity contribution in [2.75, 3.05) is 46.3 Å². The lowest BCUT2D eigenvalue weighted by Crippen LogP contribution is -2.47. The number of likely N-dealkylation sites (N-methyl/N-ethyl adjacent to an activating group) is 1. The van der Waals surface area contributed by atoms with Crippen molar-refractivity contribution in [3.8, 4) is 0 Å². The molecule has 106 valence electrons. The van der Waals surface area contributed by atoms with Gasteiger partial charge in [-0.1, -0.05) is 13.8 Å². The molecule has 2 aliphatic rings. The van der Waals surface area contributed by atoms with E-state index in [0.717, 1.165) is 17.9 Å². The van der Waals surface area contributed by atoms with Crippen LogP contribution < -0.4 is 5.32 Å². The predicted octanol–water partition coefficient (Wildman–Crippen LogP) is 1.65. The maximum atomic E-state index is 3.78. The molecule has 1 aliphatic carbocycles. The molecule has 3 heteroatoms. The normalized spacial score (nSPS) is 35.8. The summed E-state index contributed by atoms with van der Waals surface area (Å²) >= 11 is 0. The Balaban J connectivity index is 1.58. The number of hydrogen-bond donors (Lipinski definition) is 1. The second-order valence-electron chi connectivity index (χ2n) is 6.56. The van der Waals surface area contributed by atoms with Crippen LogP contribution >= 0.6 is 0 Å². The van der Waals surface area contributed by atoms with Crippen LogP contribution in [-0.4, -0.2) is 62.2 Å². The van der Waals surface area contributed by atoms with Crippen LogP contribution in [0.3, 0.4) is 0 Å². The van der Waals surface area contributed by atoms with E-state index in [4.69, 9.17) is 0 Å². The fourth-order valence-electron chi connectivity index (χ4n) is 3.23. The maximum absolute atomic E-state index is 3.78. The van der Waals surface area contributed by atoms with E-state index in [1.54, 1.807) is 0 Å². The Bertz CT molecular complexity index is 236. The Hall–Kier alpha value is -0.120. The maximum Gasteiger partial charge on any atom is 0.0110 e. The van der Waals surface area contributed by atoms with E-state index < -0.39 is 0 Å². The zero-order chi connectivity index (χ0) is 13.0. The smallest absolute Gasteiger partial charge is 0.0110 e. The highest BCUT2D eigenvalue weighted by molar-refractivity contribution is 4.80. The molecule has 0 radical (unpaired) electrons. The molecule has 1 heterocycles. The van der Waals surface area contributed by atoms with E-state index in [0.29, 0.717) is 0 Å². The first-order valence-electron chi connectivity index (χ1n) is 7.79. The zero-order valence-corrected chi connectivity index (χ0v) is 12.5. The molecule has 1 saturated heterocycles. The summed E-state index contributed by atoms with van der Waals surface area (Å²) in [5, 5.41) is 3.78. The quantitative estimate of drug-likeness (QED) is 0.822. The Labute approximate surface area is 113 Å². The second kappa shape index (κ2) is 6.88. The standard InChI is InChI=1S/C15H31N3/c1-13-4-5-15(12-14(13)2)16-6-7-18-10-8-17(3)9-11-18/h13-16H,4-12H2,1-3H3. The molecule has 0 aromatic carbocycles. The largest absolute Gasteiger partial charge is 0.313 e. The van der Waals surface area contributed by atoms with Crippen LogP contribution in [0.2, 0.25) is 0 Å². The first-order valence-corrected chi connectivity index (χ1v) is 7.79. The molecule has 18 heavy (non-hydrogen) atoms. The van der Waals surface area contributed by atoms with Gasteiger partial charge in [0, 0.05) is 45.3 Å². The van der Waals surface area contributed by atoms with Crippen molar-refractivity contribution in [1.29, 1.82) is 0 Å². The van der Waals surface area contributed by atoms with Crippen LogP contribution in [0.4, 0.5) is 0 Å². The van der Waals surface area contributed by atoms with Crippen molar-refractivity contribution in [2.24, 2.45) is 11.8 Å². The van der Waals surface area contributed by atoms with Crippen molar-refractivity contribution in [3.05, 3.63) is 0 Å². The minimum atomic E-state index is 0.781. The highest BCUT2D eigenvalue weighted by Crippen LogP contribution is 2.29. The Morgan fingerprint density at radius 1 is 1.00 bits per heavy atom. The fraction of sp³-hybridized carbons (Fsp3) is 1.00. The van der Waals surface area contributed by atoms with Crippen LogP contribution in [0, 0.1) is 11.8 Å². The van der Waals surface area contributed by atoms with Crippen molar-refractivity contribution in [3.63, 3.8) is 0 Å². The summed E-state index contributed by atoms with van der Waals surface area (Å²) in [6.45, 7) is 12.2. The average Bonchev–Trinajstić information content (AvgIpc) is 2.36. The number of hydrogen-bond acceptors (Lipinski definition) is 3. The van der Waals surface area contributed by atoms with Gasteiger partial charge < -0.3 is 10.2 Å². The molecule has 1 saturated carbocycles. The molecule has 3 atom stereocenters. The monoisotopic (exact) mass is 253 g/mol. The van der Waals surface area contributed by atoms with Crippen molar-refractivity contribution < 1.29 is 0 Å². The third-order valence-corrected chi connectivity index (χ3v) is 5.06. The Kier molecular flexibility index (Phi) is 5.46. The predicted molar refractivity (Wildman–Crippen MR) is 77.9 cm³/mol. The average molecular weight is 253 g/mol. The first kappa shape index (κ1) is 14.3. The van der Waals surface area contributed by atoms with Gasteiger partial charge >= 0.3 is 0 Å². The summed E-state index contributed by atoms with van der Waals surface area (Å²) < 4.78 is 0. The molecule has 2 fully saturated rings. The summed E-state index contributed by atoms with van der Waals surface area (Å²) in [7, 11) is 2.22. The second-order valence-corrected chi connectivity index (χ2v) is 6.56. The molecule has 0 spiro atoms. The lowest BCUT2D eigenvalue weighted by molar-refractivity contribution is 0.150. The molecule has 0 aromatic rings. The number of rotatable bonds is 4. The first-order chi connectivity index (χ1) is 8.65. The lowest BCUT2D eigenvalue weighted by Gasteiger charge is -2.35. The van der Waals surface area contributed by atoms with E-state index in [1.165, 1.54) is 58.5 Å². The van der Waals surface area contributed by atoms with Crippen LogP contribution in [0.5, 0.6) is 0 Å². The van der Waals surface area contributed by atoms with Gasteiger partial charge in [0.2, 0.25) is 0 Å². The molecular formula is C15H31N3. The van der Waals surface area contributed by atoms with E-state index in [9.17, 15) is 0 Å². The Morgan fingerprint density at radius 2 is 1.72 bits per heavy atom. The van der Waals surface area contributed by atoms with Crippen molar-refractivity contribution in [1.82, 2.24) is 15.1 Å². The van der Waals surface area contributed by atoms with Gasteiger partial charge in [-0.2, -0.15) is 0 Å².